The zero-order valence-electron chi connectivity index (χ0n) is 15.0. The van der Waals surface area contributed by atoms with Crippen LogP contribution in [0.2, 0.25) is 0 Å². The average Bonchev–Trinajstić information content (AvgIpc) is 2.67. The average molecular weight is 382 g/mol. The molecule has 138 valence electrons. The lowest BCUT2D eigenvalue weighted by atomic mass is 9.75. The van der Waals surface area contributed by atoms with Crippen LogP contribution in [0.15, 0.2) is 53.3 Å². The molecule has 2 aromatic carbocycles. The lowest BCUT2D eigenvalue weighted by Crippen LogP contribution is -2.44. The summed E-state index contributed by atoms with van der Waals surface area (Å²) in [5.41, 5.74) is 1.77. The van der Waals surface area contributed by atoms with Gasteiger partial charge in [-0.3, -0.25) is 14.2 Å². The number of nitrogens with zero attached hydrogens (tertiary/aromatic N) is 1. The molecule has 0 aromatic heterocycles. The van der Waals surface area contributed by atoms with E-state index in [9.17, 15) is 14.2 Å². The first kappa shape index (κ1) is 17.8. The number of hydrogen-bond acceptors (Lipinski definition) is 5. The Kier molecular flexibility index (Phi) is 4.33. The van der Waals surface area contributed by atoms with Crippen molar-refractivity contribution >= 4 is 35.9 Å². The van der Waals surface area contributed by atoms with Crippen molar-refractivity contribution in [3.8, 4) is 0 Å². The zero-order valence-corrected chi connectivity index (χ0v) is 15.9. The van der Waals surface area contributed by atoms with E-state index in [-0.39, 0.29) is 24.0 Å². The summed E-state index contributed by atoms with van der Waals surface area (Å²) in [7, 11) is -3.56. The van der Waals surface area contributed by atoms with Gasteiger partial charge in [0.1, 0.15) is 11.8 Å². The van der Waals surface area contributed by atoms with Gasteiger partial charge in [0.2, 0.25) is 0 Å². The molecular weight excluding hydrogens is 363 g/mol. The van der Waals surface area contributed by atoms with E-state index in [1.165, 1.54) is 0 Å². The lowest BCUT2D eigenvalue weighted by Gasteiger charge is -2.31. The molecule has 1 heterocycles. The normalized spacial score (nSPS) is 26.7. The van der Waals surface area contributed by atoms with Crippen molar-refractivity contribution in [2.45, 2.75) is 19.8 Å². The van der Waals surface area contributed by atoms with Gasteiger partial charge in [0.25, 0.3) is 0 Å². The van der Waals surface area contributed by atoms with Gasteiger partial charge < -0.3 is 9.84 Å². The highest BCUT2D eigenvalue weighted by molar-refractivity contribution is 7.66. The van der Waals surface area contributed by atoms with Crippen molar-refractivity contribution in [1.82, 2.24) is 0 Å². The first-order valence-corrected chi connectivity index (χ1v) is 10.4. The van der Waals surface area contributed by atoms with Gasteiger partial charge in [-0.25, -0.2) is 0 Å². The van der Waals surface area contributed by atoms with Crippen molar-refractivity contribution in [2.24, 2.45) is 10.7 Å². The van der Waals surface area contributed by atoms with Crippen LogP contribution in [0, 0.1) is 5.92 Å². The highest BCUT2D eigenvalue weighted by Gasteiger charge is 2.45. The van der Waals surface area contributed by atoms with Crippen LogP contribution in [0.3, 0.4) is 0 Å². The van der Waals surface area contributed by atoms with Crippen LogP contribution in [0.1, 0.15) is 35.7 Å². The summed E-state index contributed by atoms with van der Waals surface area (Å²) in [6.45, 7) is 3.71. The molecule has 1 aliphatic heterocycles. The maximum absolute atomic E-state index is 13.4. The van der Waals surface area contributed by atoms with E-state index in [2.05, 4.69) is 10.1 Å². The third-order valence-corrected chi connectivity index (χ3v) is 7.04. The smallest absolute Gasteiger partial charge is 0.342 e. The number of benzene rings is 2. The molecule has 0 saturated carbocycles. The van der Waals surface area contributed by atoms with E-state index in [0.29, 0.717) is 22.1 Å². The maximum atomic E-state index is 13.4. The first-order chi connectivity index (χ1) is 13.0. The van der Waals surface area contributed by atoms with E-state index in [0.717, 1.165) is 0 Å². The zero-order chi connectivity index (χ0) is 19.2. The van der Waals surface area contributed by atoms with Crippen molar-refractivity contribution in [3.63, 3.8) is 0 Å². The summed E-state index contributed by atoms with van der Waals surface area (Å²) < 4.78 is 23.1. The highest BCUT2D eigenvalue weighted by Crippen LogP contribution is 2.52. The van der Waals surface area contributed by atoms with Crippen LogP contribution in [0.25, 0.3) is 0 Å². The largest absolute Gasteiger partial charge is 0.348 e. The molecular formula is C20H19N2O4P. The Bertz CT molecular complexity index is 1030. The molecule has 2 aliphatic rings. The number of carbonyl (C=O) groups is 2. The summed E-state index contributed by atoms with van der Waals surface area (Å²) in [4.78, 5) is 26.1. The Balaban J connectivity index is 1.84. The predicted molar refractivity (Wildman–Crippen MR) is 104 cm³/mol. The molecule has 0 saturated heterocycles. The number of carbonyl (C=O) groups excluding carboxylic acids is 2. The Morgan fingerprint density at radius 1 is 1.11 bits per heavy atom. The number of fused-ring (bicyclic) bond motifs is 2. The third-order valence-electron chi connectivity index (χ3n) is 4.95. The van der Waals surface area contributed by atoms with E-state index in [1.54, 1.807) is 56.3 Å². The van der Waals surface area contributed by atoms with Gasteiger partial charge in [-0.15, -0.1) is 0 Å². The van der Waals surface area contributed by atoms with Gasteiger partial charge >= 0.3 is 7.52 Å². The topological polar surface area (TPSA) is 84.8 Å². The highest BCUT2D eigenvalue weighted by atomic mass is 31.2. The van der Waals surface area contributed by atoms with Crippen LogP contribution in [-0.4, -0.2) is 24.0 Å². The number of anilines is 1. The standard InChI is InChI=1S/C20H19N2O4P/c1-3-26-27(25)16-11-7-6-10-15(16)21-20(22-27)17-18(23)12(2)13-8-4-5-9-14(13)19(17)24/h4-12,17H,3H2,1-2H3,(H,21,22,25). The molecule has 0 bridgehead atoms. The minimum atomic E-state index is -3.56. The van der Waals surface area contributed by atoms with Crippen LogP contribution in [0.5, 0.6) is 0 Å². The quantitative estimate of drug-likeness (QED) is 0.648. The fraction of sp³-hybridized carbons (Fsp3) is 0.250. The monoisotopic (exact) mass is 382 g/mol. The second-order valence-electron chi connectivity index (χ2n) is 6.57. The molecule has 3 atom stereocenters. The van der Waals surface area contributed by atoms with Gasteiger partial charge in [-0.05, 0) is 24.6 Å². The molecule has 0 amide bonds. The third kappa shape index (κ3) is 2.76. The maximum Gasteiger partial charge on any atom is 0.348 e. The summed E-state index contributed by atoms with van der Waals surface area (Å²) in [6, 6.07) is 14.1. The molecule has 0 fully saturated rings. The number of ketones is 2. The fourth-order valence-corrected chi connectivity index (χ4v) is 5.45. The lowest BCUT2D eigenvalue weighted by molar-refractivity contribution is -0.121. The fourth-order valence-electron chi connectivity index (χ4n) is 3.63. The number of para-hydroxylation sites is 1. The Morgan fingerprint density at radius 3 is 2.59 bits per heavy atom. The van der Waals surface area contributed by atoms with Crippen LogP contribution in [-0.2, 0) is 13.9 Å². The molecule has 6 nitrogen and oxygen atoms in total. The second kappa shape index (κ2) is 6.55. The van der Waals surface area contributed by atoms with Gasteiger partial charge in [0, 0.05) is 11.5 Å². The summed E-state index contributed by atoms with van der Waals surface area (Å²) >= 11 is 0. The minimum absolute atomic E-state index is 0.0989. The van der Waals surface area contributed by atoms with Crippen molar-refractivity contribution in [3.05, 3.63) is 59.7 Å². The predicted octanol–water partition coefficient (Wildman–Crippen LogP) is 3.55. The molecule has 1 N–H and O–H groups in total. The number of rotatable bonds is 3. The Labute approximate surface area is 157 Å². The summed E-state index contributed by atoms with van der Waals surface area (Å²) in [5, 5.41) is 3.49. The van der Waals surface area contributed by atoms with Gasteiger partial charge in [-0.1, -0.05) is 43.3 Å². The minimum Gasteiger partial charge on any atom is -0.342 e. The van der Waals surface area contributed by atoms with E-state index in [4.69, 9.17) is 4.52 Å². The molecule has 0 spiro atoms. The van der Waals surface area contributed by atoms with Gasteiger partial charge in [0.15, 0.2) is 11.6 Å². The molecule has 1 aliphatic carbocycles. The first-order valence-electron chi connectivity index (χ1n) is 8.84. The van der Waals surface area contributed by atoms with E-state index < -0.39 is 19.4 Å². The number of nitrogens with one attached hydrogen (secondary N) is 1. The van der Waals surface area contributed by atoms with Crippen molar-refractivity contribution in [1.29, 1.82) is 0 Å². The second-order valence-corrected chi connectivity index (χ2v) is 8.55. The molecule has 3 unspecified atom stereocenters. The SMILES string of the molecule is CCOP1(=O)N=C(C2C(=O)c3ccccc3C(C)C2=O)Nc2ccccc21. The van der Waals surface area contributed by atoms with E-state index >= 15 is 0 Å². The number of Topliss-reactive ketones (excluding diaryl/α,β-unsaturated/α-hetero) is 2. The van der Waals surface area contributed by atoms with Gasteiger partial charge in [0.05, 0.1) is 17.6 Å². The van der Waals surface area contributed by atoms with Gasteiger partial charge in [-0.2, -0.15) is 4.76 Å². The van der Waals surface area contributed by atoms with Crippen LogP contribution in [0.4, 0.5) is 5.69 Å². The molecule has 2 aromatic rings. The van der Waals surface area contributed by atoms with E-state index in [1.807, 2.05) is 6.07 Å². The van der Waals surface area contributed by atoms with Crippen molar-refractivity contribution < 1.29 is 18.7 Å². The summed E-state index contributed by atoms with van der Waals surface area (Å²) in [5.74, 6) is -2.05. The number of hydrogen-bond donors (Lipinski definition) is 1. The Morgan fingerprint density at radius 2 is 1.81 bits per heavy atom. The van der Waals surface area contributed by atoms with Crippen LogP contribution >= 0.6 is 7.52 Å². The Hall–Kier alpha value is -2.56. The van der Waals surface area contributed by atoms with Crippen molar-refractivity contribution in [2.75, 3.05) is 11.9 Å². The number of amidine groups is 1. The molecule has 4 rings (SSSR count). The van der Waals surface area contributed by atoms with Crippen LogP contribution < -0.4 is 10.6 Å². The molecule has 0 radical (unpaired) electrons. The summed E-state index contributed by atoms with van der Waals surface area (Å²) in [6.07, 6.45) is 0. The molecule has 27 heavy (non-hydrogen) atoms. The molecule has 7 heteroatoms.